The number of hydrogen-bond donors (Lipinski definition) is 1. The lowest BCUT2D eigenvalue weighted by molar-refractivity contribution is 0.0827. The fourth-order valence-electron chi connectivity index (χ4n) is 2.54. The fraction of sp³-hybridized carbons (Fsp3) is 0.333. The number of hydrogen-bond acceptors (Lipinski definition) is 2. The van der Waals surface area contributed by atoms with Crippen molar-refractivity contribution in [1.29, 1.82) is 0 Å². The Balaban J connectivity index is 1.93. The quantitative estimate of drug-likeness (QED) is 0.642. The molecule has 0 unspecified atom stereocenters. The van der Waals surface area contributed by atoms with Crippen LogP contribution in [0.5, 0.6) is 0 Å². The summed E-state index contributed by atoms with van der Waals surface area (Å²) in [5, 5.41) is 3.39. The minimum atomic E-state index is 0.0261. The van der Waals surface area contributed by atoms with Gasteiger partial charge in [-0.3, -0.25) is 4.79 Å². The highest BCUT2D eigenvalue weighted by Crippen LogP contribution is 2.08. The summed E-state index contributed by atoms with van der Waals surface area (Å²) >= 11 is 0. The molecule has 5 heteroatoms. The van der Waals surface area contributed by atoms with E-state index in [9.17, 15) is 4.79 Å². The maximum absolute atomic E-state index is 12.1. The number of benzene rings is 2. The molecule has 0 spiro atoms. The number of aliphatic imine (C=N–C) groups is 1. The van der Waals surface area contributed by atoms with E-state index in [-0.39, 0.29) is 5.91 Å². The first kappa shape index (κ1) is 19.5. The summed E-state index contributed by atoms with van der Waals surface area (Å²) in [6.45, 7) is 1.40. The molecule has 2 rings (SSSR count). The second-order valence-electron chi connectivity index (χ2n) is 6.60. The van der Waals surface area contributed by atoms with Crippen molar-refractivity contribution in [2.45, 2.75) is 13.0 Å². The first-order valence-corrected chi connectivity index (χ1v) is 8.77. The lowest BCUT2D eigenvalue weighted by atomic mass is 10.1. The van der Waals surface area contributed by atoms with Crippen LogP contribution in [0, 0.1) is 0 Å². The van der Waals surface area contributed by atoms with E-state index in [1.54, 1.807) is 19.0 Å². The van der Waals surface area contributed by atoms with Gasteiger partial charge in [0, 0.05) is 40.3 Å². The van der Waals surface area contributed by atoms with Gasteiger partial charge in [0.2, 0.25) is 0 Å². The Morgan fingerprint density at radius 2 is 1.62 bits per heavy atom. The van der Waals surface area contributed by atoms with Gasteiger partial charge in [-0.1, -0.05) is 42.5 Å². The van der Waals surface area contributed by atoms with Crippen LogP contribution in [0.3, 0.4) is 0 Å². The van der Waals surface area contributed by atoms with E-state index < -0.39 is 0 Å². The SMILES string of the molecule is CN(C)C(=O)c1cccc(CCNC(=NCc2ccccc2)N(C)C)c1. The normalized spacial score (nSPS) is 11.2. The number of amides is 1. The van der Waals surface area contributed by atoms with Gasteiger partial charge in [0.15, 0.2) is 5.96 Å². The second kappa shape index (κ2) is 9.61. The van der Waals surface area contributed by atoms with Gasteiger partial charge in [-0.05, 0) is 29.7 Å². The summed E-state index contributed by atoms with van der Waals surface area (Å²) < 4.78 is 0. The van der Waals surface area contributed by atoms with E-state index in [0.717, 1.165) is 30.1 Å². The monoisotopic (exact) mass is 352 g/mol. The lowest BCUT2D eigenvalue weighted by Gasteiger charge is -2.18. The molecule has 0 atom stereocenters. The highest BCUT2D eigenvalue weighted by molar-refractivity contribution is 5.94. The number of rotatable bonds is 6. The molecule has 0 aromatic heterocycles. The molecule has 0 radical (unpaired) electrons. The molecule has 0 aliphatic carbocycles. The molecule has 0 aliphatic heterocycles. The fourth-order valence-corrected chi connectivity index (χ4v) is 2.54. The highest BCUT2D eigenvalue weighted by atomic mass is 16.2. The molecule has 2 aromatic rings. The molecule has 5 nitrogen and oxygen atoms in total. The molecule has 0 saturated carbocycles. The van der Waals surface area contributed by atoms with Gasteiger partial charge in [0.05, 0.1) is 6.54 Å². The van der Waals surface area contributed by atoms with Crippen LogP contribution in [0.4, 0.5) is 0 Å². The molecule has 0 heterocycles. The summed E-state index contributed by atoms with van der Waals surface area (Å²) in [5.74, 6) is 0.882. The average Bonchev–Trinajstić information content (AvgIpc) is 2.64. The zero-order chi connectivity index (χ0) is 18.9. The largest absolute Gasteiger partial charge is 0.356 e. The van der Waals surface area contributed by atoms with Crippen molar-refractivity contribution < 1.29 is 4.79 Å². The molecule has 0 bridgehead atoms. The van der Waals surface area contributed by atoms with E-state index in [4.69, 9.17) is 0 Å². The van der Waals surface area contributed by atoms with Crippen LogP contribution >= 0.6 is 0 Å². The van der Waals surface area contributed by atoms with Crippen LogP contribution in [-0.2, 0) is 13.0 Å². The lowest BCUT2D eigenvalue weighted by Crippen LogP contribution is -2.37. The third kappa shape index (κ3) is 5.92. The van der Waals surface area contributed by atoms with Crippen LogP contribution in [0.15, 0.2) is 59.6 Å². The smallest absolute Gasteiger partial charge is 0.253 e. The molecule has 0 saturated heterocycles. The molecule has 26 heavy (non-hydrogen) atoms. The minimum Gasteiger partial charge on any atom is -0.356 e. The van der Waals surface area contributed by atoms with Crippen molar-refractivity contribution in [3.05, 3.63) is 71.3 Å². The second-order valence-corrected chi connectivity index (χ2v) is 6.60. The highest BCUT2D eigenvalue weighted by Gasteiger charge is 2.08. The number of guanidine groups is 1. The van der Waals surface area contributed by atoms with Gasteiger partial charge in [-0.15, -0.1) is 0 Å². The van der Waals surface area contributed by atoms with Crippen LogP contribution < -0.4 is 5.32 Å². The Hall–Kier alpha value is -2.82. The number of nitrogens with zero attached hydrogens (tertiary/aromatic N) is 3. The minimum absolute atomic E-state index is 0.0261. The first-order valence-electron chi connectivity index (χ1n) is 8.77. The van der Waals surface area contributed by atoms with Crippen LogP contribution in [0.25, 0.3) is 0 Å². The maximum atomic E-state index is 12.1. The Morgan fingerprint density at radius 3 is 2.27 bits per heavy atom. The molecular formula is C21H28N4O. The van der Waals surface area contributed by atoms with E-state index in [2.05, 4.69) is 22.4 Å². The molecule has 0 fully saturated rings. The Bertz CT molecular complexity index is 739. The maximum Gasteiger partial charge on any atom is 0.253 e. The first-order chi connectivity index (χ1) is 12.5. The third-order valence-corrected chi connectivity index (χ3v) is 3.95. The Morgan fingerprint density at radius 1 is 0.923 bits per heavy atom. The number of carbonyl (C=O) groups excluding carboxylic acids is 1. The van der Waals surface area contributed by atoms with E-state index >= 15 is 0 Å². The van der Waals surface area contributed by atoms with E-state index in [1.165, 1.54) is 5.56 Å². The standard InChI is InChI=1S/C21H28N4O/c1-24(2)20(26)19-12-8-11-17(15-19)13-14-22-21(25(3)4)23-16-18-9-6-5-7-10-18/h5-12,15H,13-14,16H2,1-4H3,(H,22,23). The third-order valence-electron chi connectivity index (χ3n) is 3.95. The van der Waals surface area contributed by atoms with Crippen molar-refractivity contribution in [1.82, 2.24) is 15.1 Å². The van der Waals surface area contributed by atoms with Crippen LogP contribution in [0.2, 0.25) is 0 Å². The molecular weight excluding hydrogens is 324 g/mol. The Labute approximate surface area is 156 Å². The topological polar surface area (TPSA) is 47.9 Å². The van der Waals surface area contributed by atoms with Crippen LogP contribution in [-0.4, -0.2) is 56.4 Å². The summed E-state index contributed by atoms with van der Waals surface area (Å²) in [5.41, 5.74) is 3.04. The van der Waals surface area contributed by atoms with Crippen molar-refractivity contribution in [3.8, 4) is 0 Å². The van der Waals surface area contributed by atoms with E-state index in [1.807, 2.05) is 61.5 Å². The summed E-state index contributed by atoms with van der Waals surface area (Å²) in [6, 6.07) is 18.0. The van der Waals surface area contributed by atoms with Gasteiger partial charge >= 0.3 is 0 Å². The number of carbonyl (C=O) groups is 1. The predicted octanol–water partition coefficient (Wildman–Crippen LogP) is 2.64. The van der Waals surface area contributed by atoms with Crippen molar-refractivity contribution in [2.75, 3.05) is 34.7 Å². The summed E-state index contributed by atoms with van der Waals surface area (Å²) in [7, 11) is 7.49. The average molecular weight is 352 g/mol. The van der Waals surface area contributed by atoms with Gasteiger partial charge < -0.3 is 15.1 Å². The predicted molar refractivity (Wildman–Crippen MR) is 107 cm³/mol. The van der Waals surface area contributed by atoms with Gasteiger partial charge in [0.25, 0.3) is 5.91 Å². The zero-order valence-electron chi connectivity index (χ0n) is 16.1. The van der Waals surface area contributed by atoms with Crippen molar-refractivity contribution in [3.63, 3.8) is 0 Å². The van der Waals surface area contributed by atoms with Gasteiger partial charge in [-0.2, -0.15) is 0 Å². The molecule has 138 valence electrons. The zero-order valence-corrected chi connectivity index (χ0v) is 16.1. The van der Waals surface area contributed by atoms with E-state index in [0.29, 0.717) is 6.54 Å². The molecule has 0 aliphatic rings. The molecule has 1 amide bonds. The number of nitrogens with one attached hydrogen (secondary N) is 1. The van der Waals surface area contributed by atoms with Crippen molar-refractivity contribution in [2.24, 2.45) is 4.99 Å². The van der Waals surface area contributed by atoms with Gasteiger partial charge in [-0.25, -0.2) is 4.99 Å². The molecule has 1 N–H and O–H groups in total. The van der Waals surface area contributed by atoms with Gasteiger partial charge in [0.1, 0.15) is 0 Å². The van der Waals surface area contributed by atoms with Crippen LogP contribution in [0.1, 0.15) is 21.5 Å². The summed E-state index contributed by atoms with van der Waals surface area (Å²) in [4.78, 5) is 20.3. The van der Waals surface area contributed by atoms with Crippen molar-refractivity contribution >= 4 is 11.9 Å². The molecule has 2 aromatic carbocycles. The Kier molecular flexibility index (Phi) is 7.21. The summed E-state index contributed by atoms with van der Waals surface area (Å²) in [6.07, 6.45) is 0.826.